The molecule has 102 valence electrons. The van der Waals surface area contributed by atoms with Crippen LogP contribution in [0.1, 0.15) is 15.9 Å². The van der Waals surface area contributed by atoms with E-state index in [2.05, 4.69) is 5.32 Å². The van der Waals surface area contributed by atoms with Crippen LogP contribution in [0.15, 0.2) is 42.5 Å². The Labute approximate surface area is 116 Å². The van der Waals surface area contributed by atoms with Crippen molar-refractivity contribution >= 4 is 24.9 Å². The summed E-state index contributed by atoms with van der Waals surface area (Å²) in [7, 11) is -2.75. The minimum absolute atomic E-state index is 0.0581. The number of hydrogen-bond acceptors (Lipinski definition) is 3. The summed E-state index contributed by atoms with van der Waals surface area (Å²) in [4.78, 5) is 22.8. The smallest absolute Gasteiger partial charge is 0.348 e. The van der Waals surface area contributed by atoms with Gasteiger partial charge in [0.2, 0.25) is 0 Å². The number of amides is 1. The SMILES string of the molecule is Cc1ccc(NC(=O)c2cccc([P+](=O)[O-])c2)cc1F. The Kier molecular flexibility index (Phi) is 4.23. The standard InChI is InChI=1S/C14H11FNO3P/c1-9-5-6-11(8-13(9)15)16-14(17)10-3-2-4-12(7-10)20(18)19/h2-8H,1H3,(H,16,17). The van der Waals surface area contributed by atoms with Gasteiger partial charge < -0.3 is 10.2 Å². The Morgan fingerprint density at radius 2 is 2.00 bits per heavy atom. The van der Waals surface area contributed by atoms with Gasteiger partial charge in [0.25, 0.3) is 5.91 Å². The second kappa shape index (κ2) is 5.90. The number of halogens is 1. The number of carbonyl (C=O) groups excluding carboxylic acids is 1. The Morgan fingerprint density at radius 3 is 2.65 bits per heavy atom. The third-order valence-electron chi connectivity index (χ3n) is 2.75. The Balaban J connectivity index is 2.21. The molecule has 6 heteroatoms. The second-order valence-corrected chi connectivity index (χ2v) is 5.26. The van der Waals surface area contributed by atoms with E-state index in [1.54, 1.807) is 19.1 Å². The quantitative estimate of drug-likeness (QED) is 0.881. The predicted octanol–water partition coefficient (Wildman–Crippen LogP) is 2.11. The van der Waals surface area contributed by atoms with Crippen molar-refractivity contribution in [1.82, 2.24) is 0 Å². The van der Waals surface area contributed by atoms with E-state index < -0.39 is 19.8 Å². The molecule has 0 aromatic heterocycles. The molecule has 2 aromatic carbocycles. The summed E-state index contributed by atoms with van der Waals surface area (Å²) < 4.78 is 24.2. The van der Waals surface area contributed by atoms with E-state index in [4.69, 9.17) is 0 Å². The Morgan fingerprint density at radius 1 is 1.25 bits per heavy atom. The molecule has 0 saturated heterocycles. The molecule has 0 saturated carbocycles. The van der Waals surface area contributed by atoms with Crippen molar-refractivity contribution in [1.29, 1.82) is 0 Å². The number of nitrogens with one attached hydrogen (secondary N) is 1. The number of benzene rings is 2. The van der Waals surface area contributed by atoms with Gasteiger partial charge in [-0.1, -0.05) is 16.7 Å². The molecule has 1 N–H and O–H groups in total. The van der Waals surface area contributed by atoms with Crippen LogP contribution in [0, 0.1) is 12.7 Å². The normalized spacial score (nSPS) is 11.1. The van der Waals surface area contributed by atoms with Crippen molar-refractivity contribution in [2.75, 3.05) is 5.32 Å². The van der Waals surface area contributed by atoms with E-state index in [0.717, 1.165) is 0 Å². The first-order valence-corrected chi connectivity index (χ1v) is 6.97. The number of carbonyl (C=O) groups is 1. The Hall–Kier alpha value is -2.10. The summed E-state index contributed by atoms with van der Waals surface area (Å²) in [6, 6.07) is 9.97. The van der Waals surface area contributed by atoms with Gasteiger partial charge in [-0.3, -0.25) is 4.79 Å². The van der Waals surface area contributed by atoms with Crippen LogP contribution >= 0.6 is 8.03 Å². The molecule has 0 radical (unpaired) electrons. The molecule has 2 aromatic rings. The molecule has 20 heavy (non-hydrogen) atoms. The van der Waals surface area contributed by atoms with Crippen LogP contribution in [-0.4, -0.2) is 5.91 Å². The van der Waals surface area contributed by atoms with Gasteiger partial charge in [0.1, 0.15) is 5.82 Å². The molecular formula is C14H11FNO3P. The van der Waals surface area contributed by atoms with Crippen LogP contribution in [-0.2, 0) is 4.57 Å². The van der Waals surface area contributed by atoms with E-state index in [1.807, 2.05) is 0 Å². The van der Waals surface area contributed by atoms with Crippen molar-refractivity contribution in [2.45, 2.75) is 6.92 Å². The molecule has 0 fully saturated rings. The van der Waals surface area contributed by atoms with Crippen molar-refractivity contribution in [3.63, 3.8) is 0 Å². The summed E-state index contributed by atoms with van der Waals surface area (Å²) in [6.45, 7) is 1.62. The number of hydrogen-bond donors (Lipinski definition) is 1. The minimum Gasteiger partial charge on any atom is -0.591 e. The molecule has 1 amide bonds. The zero-order valence-electron chi connectivity index (χ0n) is 10.6. The number of aryl methyl sites for hydroxylation is 1. The van der Waals surface area contributed by atoms with Gasteiger partial charge in [-0.25, -0.2) is 4.39 Å². The van der Waals surface area contributed by atoms with Crippen LogP contribution < -0.4 is 15.5 Å². The fourth-order valence-corrected chi connectivity index (χ4v) is 2.09. The molecule has 0 aliphatic carbocycles. The average molecular weight is 291 g/mol. The average Bonchev–Trinajstić information content (AvgIpc) is 2.43. The molecular weight excluding hydrogens is 280 g/mol. The van der Waals surface area contributed by atoms with Gasteiger partial charge in [-0.2, -0.15) is 0 Å². The molecule has 0 bridgehead atoms. The van der Waals surface area contributed by atoms with Crippen LogP contribution in [0.25, 0.3) is 0 Å². The fraction of sp³-hybridized carbons (Fsp3) is 0.0714. The first-order chi connectivity index (χ1) is 9.47. The van der Waals surface area contributed by atoms with E-state index >= 15 is 0 Å². The monoisotopic (exact) mass is 291 g/mol. The minimum atomic E-state index is -2.75. The summed E-state index contributed by atoms with van der Waals surface area (Å²) in [6.07, 6.45) is 0. The maximum atomic E-state index is 13.4. The second-order valence-electron chi connectivity index (χ2n) is 4.23. The molecule has 0 aliphatic heterocycles. The lowest BCUT2D eigenvalue weighted by Crippen LogP contribution is -2.15. The Bertz CT molecular complexity index is 688. The van der Waals surface area contributed by atoms with Gasteiger partial charge >= 0.3 is 8.03 Å². The molecule has 1 atom stereocenters. The number of anilines is 1. The maximum Gasteiger partial charge on any atom is 0.348 e. The van der Waals surface area contributed by atoms with Gasteiger partial charge in [0.15, 0.2) is 5.30 Å². The molecule has 1 unspecified atom stereocenters. The van der Waals surface area contributed by atoms with E-state index in [1.165, 1.54) is 30.3 Å². The summed E-state index contributed by atoms with van der Waals surface area (Å²) in [5.74, 6) is -0.911. The first-order valence-electron chi connectivity index (χ1n) is 5.79. The summed E-state index contributed by atoms with van der Waals surface area (Å²) in [5.41, 5.74) is 0.992. The van der Waals surface area contributed by atoms with Gasteiger partial charge in [-0.05, 0) is 36.8 Å². The van der Waals surface area contributed by atoms with Crippen molar-refractivity contribution in [3.8, 4) is 0 Å². The van der Waals surface area contributed by atoms with Crippen molar-refractivity contribution < 1.29 is 18.6 Å². The van der Waals surface area contributed by atoms with E-state index in [0.29, 0.717) is 11.3 Å². The molecule has 0 aliphatic rings. The zero-order chi connectivity index (χ0) is 14.7. The lowest BCUT2D eigenvalue weighted by atomic mass is 10.2. The van der Waals surface area contributed by atoms with Crippen LogP contribution in [0.5, 0.6) is 0 Å². The highest BCUT2D eigenvalue weighted by Crippen LogP contribution is 2.15. The van der Waals surface area contributed by atoms with Gasteiger partial charge in [0.05, 0.1) is 0 Å². The first kappa shape index (κ1) is 14.3. The van der Waals surface area contributed by atoms with Crippen LogP contribution in [0.4, 0.5) is 10.1 Å². The van der Waals surface area contributed by atoms with E-state index in [9.17, 15) is 18.6 Å². The largest absolute Gasteiger partial charge is 0.591 e. The topological polar surface area (TPSA) is 69.2 Å². The van der Waals surface area contributed by atoms with Crippen molar-refractivity contribution in [3.05, 3.63) is 59.4 Å². The summed E-state index contributed by atoms with van der Waals surface area (Å²) in [5, 5.41) is 2.57. The summed E-state index contributed by atoms with van der Waals surface area (Å²) >= 11 is 0. The molecule has 0 heterocycles. The van der Waals surface area contributed by atoms with Crippen LogP contribution in [0.2, 0.25) is 0 Å². The molecule has 2 rings (SSSR count). The van der Waals surface area contributed by atoms with Crippen LogP contribution in [0.3, 0.4) is 0 Å². The fourth-order valence-electron chi connectivity index (χ4n) is 1.63. The molecule has 4 nitrogen and oxygen atoms in total. The molecule has 0 spiro atoms. The third kappa shape index (κ3) is 3.26. The lowest BCUT2D eigenvalue weighted by molar-refractivity contribution is -0.160. The highest BCUT2D eigenvalue weighted by molar-refractivity contribution is 7.45. The highest BCUT2D eigenvalue weighted by atomic mass is 31.1. The van der Waals surface area contributed by atoms with Crippen molar-refractivity contribution in [2.24, 2.45) is 0 Å². The lowest BCUT2D eigenvalue weighted by Gasteiger charge is -2.06. The highest BCUT2D eigenvalue weighted by Gasteiger charge is 2.12. The van der Waals surface area contributed by atoms with Gasteiger partial charge in [0, 0.05) is 17.3 Å². The predicted molar refractivity (Wildman–Crippen MR) is 72.8 cm³/mol. The maximum absolute atomic E-state index is 13.4. The van der Waals surface area contributed by atoms with E-state index in [-0.39, 0.29) is 10.9 Å². The number of rotatable bonds is 3. The zero-order valence-corrected chi connectivity index (χ0v) is 11.5. The third-order valence-corrected chi connectivity index (χ3v) is 3.45. The van der Waals surface area contributed by atoms with Gasteiger partial charge in [-0.15, -0.1) is 0 Å².